The monoisotopic (exact) mass is 585 g/mol. The summed E-state index contributed by atoms with van der Waals surface area (Å²) in [4.78, 5) is 13.3. The van der Waals surface area contributed by atoms with Crippen LogP contribution < -0.4 is 0 Å². The molecule has 0 aromatic heterocycles. The maximum atomic E-state index is 13.3. The van der Waals surface area contributed by atoms with Gasteiger partial charge < -0.3 is 5.11 Å². The Morgan fingerprint density at radius 2 is 0.548 bits per heavy atom. The molecule has 1 N–H and O–H groups in total. The van der Waals surface area contributed by atoms with Crippen LogP contribution in [0.4, 0.5) is 0 Å². The lowest BCUT2D eigenvalue weighted by molar-refractivity contribution is -0.137. The summed E-state index contributed by atoms with van der Waals surface area (Å²) >= 11 is 0. The number of carboxylic acids is 1. The molecule has 3 rings (SSSR count). The fraction of sp³-hybridized carbons (Fsp3) is 0.925. The summed E-state index contributed by atoms with van der Waals surface area (Å²) in [6.07, 6.45) is 43.9. The number of hydrogen-bond donors (Lipinski definition) is 1. The van der Waals surface area contributed by atoms with E-state index < -0.39 is 5.97 Å². The molecule has 244 valence electrons. The summed E-state index contributed by atoms with van der Waals surface area (Å²) < 4.78 is 0. The molecule has 2 nitrogen and oxygen atoms in total. The first-order valence-corrected chi connectivity index (χ1v) is 19.6. The minimum Gasteiger partial charge on any atom is -0.478 e. The Labute approximate surface area is 262 Å². The van der Waals surface area contributed by atoms with Crippen molar-refractivity contribution in [3.63, 3.8) is 0 Å². The molecule has 0 bridgehead atoms. The van der Waals surface area contributed by atoms with Crippen LogP contribution in [-0.4, -0.2) is 11.1 Å². The Morgan fingerprint density at radius 3 is 0.714 bits per heavy atom. The molecule has 0 amide bonds. The van der Waals surface area contributed by atoms with E-state index in [1.54, 1.807) is 0 Å². The van der Waals surface area contributed by atoms with E-state index in [0.29, 0.717) is 23.3 Å². The molecular formula is C40H72O2. The Bertz CT molecular complexity index is 600. The molecule has 3 aliphatic carbocycles. The number of carbonyl (C=O) groups is 1. The summed E-state index contributed by atoms with van der Waals surface area (Å²) in [5.41, 5.74) is 0.429. The second-order valence-corrected chi connectivity index (χ2v) is 15.1. The molecule has 0 aliphatic heterocycles. The van der Waals surface area contributed by atoms with E-state index in [-0.39, 0.29) is 5.41 Å². The first-order valence-electron chi connectivity index (χ1n) is 19.6. The molecule has 3 saturated carbocycles. The zero-order valence-corrected chi connectivity index (χ0v) is 28.1. The summed E-state index contributed by atoms with van der Waals surface area (Å²) in [6, 6.07) is 0. The van der Waals surface area contributed by atoms with Crippen molar-refractivity contribution in [2.24, 2.45) is 23.2 Å². The van der Waals surface area contributed by atoms with Crippen LogP contribution in [0, 0.1) is 23.2 Å². The van der Waals surface area contributed by atoms with Gasteiger partial charge in [0, 0.05) is 11.0 Å². The SMILES string of the molecule is C=C(C(=O)O)C(C1CCCCCCCCCCC1)(C1CCCCCCCCCCC1)C1CCCCCCCCCCC1. The maximum Gasteiger partial charge on any atom is 0.331 e. The van der Waals surface area contributed by atoms with Crippen molar-refractivity contribution >= 4 is 5.97 Å². The van der Waals surface area contributed by atoms with Crippen LogP contribution in [0.2, 0.25) is 0 Å². The molecule has 0 atom stereocenters. The summed E-state index contributed by atoms with van der Waals surface area (Å²) in [6.45, 7) is 4.64. The predicted molar refractivity (Wildman–Crippen MR) is 182 cm³/mol. The molecule has 3 aliphatic rings. The first kappa shape index (κ1) is 35.7. The smallest absolute Gasteiger partial charge is 0.331 e. The van der Waals surface area contributed by atoms with Gasteiger partial charge in [-0.25, -0.2) is 4.79 Å². The number of hydrogen-bond acceptors (Lipinski definition) is 1. The third-order valence-electron chi connectivity index (χ3n) is 12.1. The molecule has 0 aromatic carbocycles. The lowest BCUT2D eigenvalue weighted by Crippen LogP contribution is -2.48. The molecule has 0 heterocycles. The molecule has 2 heteroatoms. The van der Waals surface area contributed by atoms with Crippen LogP contribution >= 0.6 is 0 Å². The molecule has 0 radical (unpaired) electrons. The van der Waals surface area contributed by atoms with E-state index in [1.807, 2.05) is 0 Å². The van der Waals surface area contributed by atoms with Crippen LogP contribution in [0.25, 0.3) is 0 Å². The van der Waals surface area contributed by atoms with Gasteiger partial charge in [0.25, 0.3) is 0 Å². The highest BCUT2D eigenvalue weighted by Gasteiger charge is 2.52. The van der Waals surface area contributed by atoms with E-state index in [9.17, 15) is 9.90 Å². The van der Waals surface area contributed by atoms with Crippen molar-refractivity contribution in [1.29, 1.82) is 0 Å². The quantitative estimate of drug-likeness (QED) is 0.326. The Morgan fingerprint density at radius 1 is 0.381 bits per heavy atom. The highest BCUT2D eigenvalue weighted by atomic mass is 16.4. The number of rotatable bonds is 5. The fourth-order valence-electron chi connectivity index (χ4n) is 9.85. The van der Waals surface area contributed by atoms with Crippen LogP contribution in [-0.2, 0) is 4.79 Å². The molecule has 3 fully saturated rings. The zero-order chi connectivity index (χ0) is 29.7. The van der Waals surface area contributed by atoms with Gasteiger partial charge in [-0.05, 0) is 56.3 Å². The van der Waals surface area contributed by atoms with Crippen molar-refractivity contribution in [3.05, 3.63) is 12.2 Å². The highest BCUT2D eigenvalue weighted by molar-refractivity contribution is 5.87. The van der Waals surface area contributed by atoms with Gasteiger partial charge in [-0.2, -0.15) is 0 Å². The van der Waals surface area contributed by atoms with Crippen LogP contribution in [0.1, 0.15) is 212 Å². The standard InChI is InChI=1S/C40H72O2/c1-35(39(41)42)40(36-29-23-17-11-5-2-6-12-18-24-30-36,37-31-25-19-13-7-3-8-14-20-26-32-37)38-33-27-21-15-9-4-10-16-22-28-34-38/h36-38H,1-34H2,(H,41,42). The van der Waals surface area contributed by atoms with E-state index in [0.717, 1.165) is 0 Å². The Balaban J connectivity index is 2.05. The average Bonchev–Trinajstić information content (AvgIpc) is 2.96. The number of carboxylic acid groups (broad SMARTS) is 1. The lowest BCUT2D eigenvalue weighted by atomic mass is 9.50. The van der Waals surface area contributed by atoms with Gasteiger partial charge in [0.05, 0.1) is 0 Å². The first-order chi connectivity index (χ1) is 20.7. The van der Waals surface area contributed by atoms with Crippen LogP contribution in [0.3, 0.4) is 0 Å². The van der Waals surface area contributed by atoms with E-state index in [1.165, 1.54) is 212 Å². The number of aliphatic carboxylic acids is 1. The van der Waals surface area contributed by atoms with Crippen molar-refractivity contribution in [1.82, 2.24) is 0 Å². The molecule has 42 heavy (non-hydrogen) atoms. The second kappa shape index (κ2) is 21.8. The minimum atomic E-state index is -0.668. The zero-order valence-electron chi connectivity index (χ0n) is 28.1. The van der Waals surface area contributed by atoms with Gasteiger partial charge >= 0.3 is 5.97 Å². The molecule has 0 spiro atoms. The Kier molecular flexibility index (Phi) is 18.6. The van der Waals surface area contributed by atoms with Crippen molar-refractivity contribution in [2.45, 2.75) is 212 Å². The summed E-state index contributed by atoms with van der Waals surface area (Å²) in [7, 11) is 0. The summed E-state index contributed by atoms with van der Waals surface area (Å²) in [5.74, 6) is 0.822. The van der Waals surface area contributed by atoms with E-state index in [2.05, 4.69) is 6.58 Å². The fourth-order valence-corrected chi connectivity index (χ4v) is 9.85. The third-order valence-corrected chi connectivity index (χ3v) is 12.1. The van der Waals surface area contributed by atoms with Gasteiger partial charge in [-0.3, -0.25) is 0 Å². The predicted octanol–water partition coefficient (Wildman–Crippen LogP) is 13.4. The van der Waals surface area contributed by atoms with Crippen molar-refractivity contribution in [2.75, 3.05) is 0 Å². The van der Waals surface area contributed by atoms with Crippen molar-refractivity contribution < 1.29 is 9.90 Å². The normalized spacial score (nSPS) is 24.9. The van der Waals surface area contributed by atoms with E-state index in [4.69, 9.17) is 0 Å². The molecule has 0 aromatic rings. The molecule has 0 unspecified atom stereocenters. The van der Waals surface area contributed by atoms with E-state index >= 15 is 0 Å². The highest BCUT2D eigenvalue weighted by Crippen LogP contribution is 2.58. The largest absolute Gasteiger partial charge is 0.478 e. The topological polar surface area (TPSA) is 37.3 Å². The molecule has 0 saturated heterocycles. The maximum absolute atomic E-state index is 13.3. The minimum absolute atomic E-state index is 0.218. The van der Waals surface area contributed by atoms with Crippen molar-refractivity contribution in [3.8, 4) is 0 Å². The van der Waals surface area contributed by atoms with Gasteiger partial charge in [-0.15, -0.1) is 0 Å². The van der Waals surface area contributed by atoms with Crippen LogP contribution in [0.5, 0.6) is 0 Å². The average molecular weight is 585 g/mol. The second-order valence-electron chi connectivity index (χ2n) is 15.1. The van der Waals surface area contributed by atoms with Gasteiger partial charge in [0.1, 0.15) is 0 Å². The Hall–Kier alpha value is -0.790. The molecular weight excluding hydrogens is 512 g/mol. The van der Waals surface area contributed by atoms with Gasteiger partial charge in [0.2, 0.25) is 0 Å². The third kappa shape index (κ3) is 12.0. The van der Waals surface area contributed by atoms with Crippen LogP contribution in [0.15, 0.2) is 12.2 Å². The van der Waals surface area contributed by atoms with Gasteiger partial charge in [0.15, 0.2) is 0 Å². The summed E-state index contributed by atoms with van der Waals surface area (Å²) in [5, 5.41) is 10.9. The lowest BCUT2D eigenvalue weighted by Gasteiger charge is -2.53. The van der Waals surface area contributed by atoms with Gasteiger partial charge in [-0.1, -0.05) is 180 Å².